The van der Waals surface area contributed by atoms with Gasteiger partial charge in [-0.25, -0.2) is 0 Å². The van der Waals surface area contributed by atoms with E-state index in [0.29, 0.717) is 0 Å². The SMILES string of the molecule is CN1CC=CCC1.CN1CC=CCC1.CN1CC=CCC1. The van der Waals surface area contributed by atoms with Gasteiger partial charge in [-0.05, 0) is 40.4 Å². The van der Waals surface area contributed by atoms with E-state index in [1.165, 1.54) is 38.9 Å². The predicted molar refractivity (Wildman–Crippen MR) is 93.8 cm³/mol. The molecule has 0 aromatic carbocycles. The van der Waals surface area contributed by atoms with Gasteiger partial charge in [-0.1, -0.05) is 36.5 Å². The molecule has 0 saturated carbocycles. The standard InChI is InChI=1S/3C6H11N/c3*1-7-5-3-2-4-6-7/h3*2-3H,4-6H2,1H3. The average molecular weight is 291 g/mol. The number of nitrogens with zero attached hydrogens (tertiary/aromatic N) is 3. The molecule has 0 spiro atoms. The minimum Gasteiger partial charge on any atom is -0.302 e. The van der Waals surface area contributed by atoms with E-state index >= 15 is 0 Å². The zero-order chi connectivity index (χ0) is 15.3. The maximum absolute atomic E-state index is 2.31. The maximum atomic E-state index is 2.31. The van der Waals surface area contributed by atoms with Gasteiger partial charge in [0, 0.05) is 39.3 Å². The lowest BCUT2D eigenvalue weighted by Crippen LogP contribution is -2.21. The summed E-state index contributed by atoms with van der Waals surface area (Å²) in [6.07, 6.45) is 17.0. The van der Waals surface area contributed by atoms with E-state index in [-0.39, 0.29) is 0 Å². The molecule has 0 fully saturated rings. The highest BCUT2D eigenvalue weighted by atomic mass is 15.1. The van der Waals surface area contributed by atoms with Crippen LogP contribution in [0.3, 0.4) is 0 Å². The molecule has 120 valence electrons. The Morgan fingerprint density at radius 3 is 0.857 bits per heavy atom. The second-order valence-electron chi connectivity index (χ2n) is 6.07. The van der Waals surface area contributed by atoms with Crippen molar-refractivity contribution in [3.8, 4) is 0 Å². The van der Waals surface area contributed by atoms with Crippen LogP contribution in [0.15, 0.2) is 36.5 Å². The van der Waals surface area contributed by atoms with Gasteiger partial charge >= 0.3 is 0 Å². The normalized spacial score (nSPS) is 23.0. The third-order valence-corrected chi connectivity index (χ3v) is 3.78. The first-order chi connectivity index (χ1) is 10.2. The first-order valence-electron chi connectivity index (χ1n) is 8.19. The van der Waals surface area contributed by atoms with E-state index in [2.05, 4.69) is 72.3 Å². The third kappa shape index (κ3) is 10.5. The van der Waals surface area contributed by atoms with Crippen molar-refractivity contribution in [1.29, 1.82) is 0 Å². The molecule has 0 radical (unpaired) electrons. The molecule has 3 heteroatoms. The van der Waals surface area contributed by atoms with Gasteiger partial charge in [0.2, 0.25) is 0 Å². The number of hydrogen-bond acceptors (Lipinski definition) is 3. The molecule has 0 aliphatic carbocycles. The highest BCUT2D eigenvalue weighted by Gasteiger charge is 1.96. The van der Waals surface area contributed by atoms with Crippen molar-refractivity contribution in [2.75, 3.05) is 60.4 Å². The summed E-state index contributed by atoms with van der Waals surface area (Å²) in [4.78, 5) is 6.92. The fourth-order valence-corrected chi connectivity index (χ4v) is 2.28. The van der Waals surface area contributed by atoms with Crippen LogP contribution in [0, 0.1) is 0 Å². The molecule has 21 heavy (non-hydrogen) atoms. The summed E-state index contributed by atoms with van der Waals surface area (Å²) in [5, 5.41) is 0. The van der Waals surface area contributed by atoms with E-state index in [9.17, 15) is 0 Å². The van der Waals surface area contributed by atoms with E-state index in [0.717, 1.165) is 19.6 Å². The minimum atomic E-state index is 1.14. The molecule has 3 aliphatic heterocycles. The van der Waals surface area contributed by atoms with Crippen molar-refractivity contribution >= 4 is 0 Å². The fourth-order valence-electron chi connectivity index (χ4n) is 2.28. The van der Waals surface area contributed by atoms with Gasteiger partial charge in [-0.15, -0.1) is 0 Å². The largest absolute Gasteiger partial charge is 0.302 e. The Morgan fingerprint density at radius 2 is 0.762 bits per heavy atom. The van der Waals surface area contributed by atoms with E-state index < -0.39 is 0 Å². The zero-order valence-corrected chi connectivity index (χ0v) is 14.2. The monoisotopic (exact) mass is 291 g/mol. The summed E-state index contributed by atoms with van der Waals surface area (Å²) >= 11 is 0. The highest BCUT2D eigenvalue weighted by molar-refractivity contribution is 4.90. The smallest absolute Gasteiger partial charge is 0.0160 e. The molecule has 3 rings (SSSR count). The lowest BCUT2D eigenvalue weighted by molar-refractivity contribution is 0.366. The molecule has 0 atom stereocenters. The van der Waals surface area contributed by atoms with Crippen LogP contribution in [0.5, 0.6) is 0 Å². The maximum Gasteiger partial charge on any atom is 0.0160 e. The van der Waals surface area contributed by atoms with Crippen molar-refractivity contribution in [2.24, 2.45) is 0 Å². The van der Waals surface area contributed by atoms with Gasteiger partial charge in [0.05, 0.1) is 0 Å². The summed E-state index contributed by atoms with van der Waals surface area (Å²) in [6, 6.07) is 0. The Kier molecular flexibility index (Phi) is 10.1. The van der Waals surface area contributed by atoms with Crippen LogP contribution in [0.25, 0.3) is 0 Å². The van der Waals surface area contributed by atoms with Crippen LogP contribution in [-0.2, 0) is 0 Å². The molecule has 0 bridgehead atoms. The van der Waals surface area contributed by atoms with Crippen molar-refractivity contribution in [2.45, 2.75) is 19.3 Å². The summed E-state index contributed by atoms with van der Waals surface area (Å²) in [5.74, 6) is 0. The minimum absolute atomic E-state index is 1.14. The molecule has 0 saturated heterocycles. The lowest BCUT2D eigenvalue weighted by Gasteiger charge is -2.15. The second kappa shape index (κ2) is 11.7. The number of hydrogen-bond donors (Lipinski definition) is 0. The van der Waals surface area contributed by atoms with E-state index in [4.69, 9.17) is 0 Å². The van der Waals surface area contributed by atoms with Crippen LogP contribution >= 0.6 is 0 Å². The third-order valence-electron chi connectivity index (χ3n) is 3.78. The van der Waals surface area contributed by atoms with Crippen LogP contribution in [0.4, 0.5) is 0 Å². The topological polar surface area (TPSA) is 9.72 Å². The Bertz CT molecular complexity index is 281. The lowest BCUT2D eigenvalue weighted by atomic mass is 10.3. The summed E-state index contributed by atoms with van der Waals surface area (Å²) in [7, 11) is 6.43. The van der Waals surface area contributed by atoms with E-state index in [1.807, 2.05) is 0 Å². The molecule has 0 aromatic heterocycles. The van der Waals surface area contributed by atoms with E-state index in [1.54, 1.807) is 0 Å². The molecule has 3 aliphatic rings. The molecule has 3 heterocycles. The summed E-state index contributed by atoms with van der Waals surface area (Å²) < 4.78 is 0. The highest BCUT2D eigenvalue weighted by Crippen LogP contribution is 1.96. The second-order valence-corrected chi connectivity index (χ2v) is 6.07. The first kappa shape index (κ1) is 18.1. The van der Waals surface area contributed by atoms with Crippen LogP contribution < -0.4 is 0 Å². The Hall–Kier alpha value is -0.900. The Balaban J connectivity index is 0.000000157. The number of rotatable bonds is 0. The van der Waals surface area contributed by atoms with Gasteiger partial charge in [0.1, 0.15) is 0 Å². The fraction of sp³-hybridized carbons (Fsp3) is 0.667. The first-order valence-corrected chi connectivity index (χ1v) is 8.19. The molecule has 0 N–H and O–H groups in total. The molecular formula is C18H33N3. The van der Waals surface area contributed by atoms with Crippen molar-refractivity contribution in [3.63, 3.8) is 0 Å². The van der Waals surface area contributed by atoms with Crippen LogP contribution in [0.2, 0.25) is 0 Å². The molecule has 0 amide bonds. The molecule has 0 aromatic rings. The summed E-state index contributed by atoms with van der Waals surface area (Å²) in [6.45, 7) is 7.11. The van der Waals surface area contributed by atoms with Gasteiger partial charge in [0.25, 0.3) is 0 Å². The molecule has 0 unspecified atom stereocenters. The Morgan fingerprint density at radius 1 is 0.476 bits per heavy atom. The molecule has 3 nitrogen and oxygen atoms in total. The van der Waals surface area contributed by atoms with Gasteiger partial charge in [0.15, 0.2) is 0 Å². The van der Waals surface area contributed by atoms with Crippen molar-refractivity contribution < 1.29 is 0 Å². The zero-order valence-electron chi connectivity index (χ0n) is 14.2. The predicted octanol–water partition coefficient (Wildman–Crippen LogP) is 2.63. The van der Waals surface area contributed by atoms with Crippen molar-refractivity contribution in [1.82, 2.24) is 14.7 Å². The quantitative estimate of drug-likeness (QED) is 0.635. The average Bonchev–Trinajstić information content (AvgIpc) is 2.51. The van der Waals surface area contributed by atoms with Crippen LogP contribution in [-0.4, -0.2) is 75.1 Å². The Labute approximate surface area is 131 Å². The van der Waals surface area contributed by atoms with Gasteiger partial charge in [-0.2, -0.15) is 0 Å². The van der Waals surface area contributed by atoms with Gasteiger partial charge < -0.3 is 14.7 Å². The van der Waals surface area contributed by atoms with Crippen molar-refractivity contribution in [3.05, 3.63) is 36.5 Å². The van der Waals surface area contributed by atoms with Crippen LogP contribution in [0.1, 0.15) is 19.3 Å². The summed E-state index contributed by atoms with van der Waals surface area (Å²) in [5.41, 5.74) is 0. The van der Waals surface area contributed by atoms with Gasteiger partial charge in [-0.3, -0.25) is 0 Å². The molecular weight excluding hydrogens is 258 g/mol. The number of likely N-dealkylation sites (N-methyl/N-ethyl adjacent to an activating group) is 3.